The van der Waals surface area contributed by atoms with Crippen LogP contribution < -0.4 is 10.5 Å². The molecule has 4 heteroatoms. The van der Waals surface area contributed by atoms with Crippen molar-refractivity contribution in [2.75, 3.05) is 0 Å². The highest BCUT2D eigenvalue weighted by Gasteiger charge is 2.05. The minimum atomic E-state index is 0.116. The van der Waals surface area contributed by atoms with Crippen LogP contribution in [0.4, 0.5) is 0 Å². The summed E-state index contributed by atoms with van der Waals surface area (Å²) in [7, 11) is 0. The third kappa shape index (κ3) is 3.34. The Bertz CT molecular complexity index is 495. The molecule has 1 aromatic carbocycles. The van der Waals surface area contributed by atoms with Gasteiger partial charge in [-0.1, -0.05) is 19.1 Å². The van der Waals surface area contributed by atoms with E-state index < -0.39 is 0 Å². The minimum Gasteiger partial charge on any atom is -0.488 e. The van der Waals surface area contributed by atoms with Gasteiger partial charge in [-0.3, -0.25) is 0 Å². The van der Waals surface area contributed by atoms with E-state index in [-0.39, 0.29) is 6.04 Å². The first-order chi connectivity index (χ1) is 8.70. The normalized spacial score (nSPS) is 12.4. The van der Waals surface area contributed by atoms with Gasteiger partial charge in [-0.2, -0.15) is 0 Å². The Kier molecular flexibility index (Phi) is 4.80. The van der Waals surface area contributed by atoms with Crippen molar-refractivity contribution < 1.29 is 4.74 Å². The lowest BCUT2D eigenvalue weighted by atomic mass is 10.1. The Morgan fingerprint density at radius 3 is 2.56 bits per heavy atom. The van der Waals surface area contributed by atoms with E-state index in [1.807, 2.05) is 35.7 Å². The molecule has 0 radical (unpaired) electrons. The van der Waals surface area contributed by atoms with Crippen molar-refractivity contribution >= 4 is 27.3 Å². The van der Waals surface area contributed by atoms with Crippen molar-refractivity contribution in [3.8, 4) is 5.75 Å². The van der Waals surface area contributed by atoms with Crippen LogP contribution >= 0.6 is 27.3 Å². The second kappa shape index (κ2) is 6.36. The molecule has 0 saturated carbocycles. The molecule has 0 aliphatic rings. The largest absolute Gasteiger partial charge is 0.488 e. The van der Waals surface area contributed by atoms with E-state index in [0.717, 1.165) is 22.2 Å². The number of halogens is 1. The van der Waals surface area contributed by atoms with Crippen LogP contribution in [-0.2, 0) is 6.61 Å². The highest BCUT2D eigenvalue weighted by molar-refractivity contribution is 9.10. The number of rotatable bonds is 5. The third-order valence-corrected chi connectivity index (χ3v) is 4.71. The van der Waals surface area contributed by atoms with Crippen LogP contribution in [0.3, 0.4) is 0 Å². The van der Waals surface area contributed by atoms with Crippen LogP contribution in [0.5, 0.6) is 5.75 Å². The van der Waals surface area contributed by atoms with Crippen molar-refractivity contribution in [3.63, 3.8) is 0 Å². The molecule has 1 aromatic heterocycles. The minimum absolute atomic E-state index is 0.116. The third-order valence-electron chi connectivity index (χ3n) is 2.81. The quantitative estimate of drug-likeness (QED) is 0.878. The van der Waals surface area contributed by atoms with Crippen molar-refractivity contribution in [3.05, 3.63) is 50.6 Å². The molecular weight excluding hydrogens is 310 g/mol. The average molecular weight is 326 g/mol. The van der Waals surface area contributed by atoms with Crippen LogP contribution in [0.2, 0.25) is 0 Å². The van der Waals surface area contributed by atoms with Gasteiger partial charge in [-0.05, 0) is 51.5 Å². The maximum atomic E-state index is 5.97. The van der Waals surface area contributed by atoms with Gasteiger partial charge in [-0.25, -0.2) is 0 Å². The fourth-order valence-electron chi connectivity index (χ4n) is 1.62. The van der Waals surface area contributed by atoms with E-state index in [4.69, 9.17) is 10.5 Å². The van der Waals surface area contributed by atoms with Gasteiger partial charge in [0, 0.05) is 10.5 Å². The summed E-state index contributed by atoms with van der Waals surface area (Å²) in [5, 5.41) is 2.05. The summed E-state index contributed by atoms with van der Waals surface area (Å²) in [6, 6.07) is 10.2. The molecule has 18 heavy (non-hydrogen) atoms. The molecule has 2 N–H and O–H groups in total. The number of hydrogen-bond donors (Lipinski definition) is 1. The van der Waals surface area contributed by atoms with E-state index in [1.165, 1.54) is 4.88 Å². The Morgan fingerprint density at radius 1 is 1.28 bits per heavy atom. The molecule has 2 rings (SSSR count). The molecule has 0 saturated heterocycles. The Balaban J connectivity index is 1.96. The predicted octanol–water partition coefficient (Wildman–Crippen LogP) is 4.50. The molecule has 0 aliphatic carbocycles. The molecule has 1 atom stereocenters. The van der Waals surface area contributed by atoms with E-state index in [9.17, 15) is 0 Å². The number of ether oxygens (including phenoxy) is 1. The SMILES string of the molecule is CC[C@@H](N)c1ccc(OCc2sccc2Br)cc1. The van der Waals surface area contributed by atoms with Crippen LogP contribution in [0, 0.1) is 0 Å². The van der Waals surface area contributed by atoms with Crippen molar-refractivity contribution in [1.82, 2.24) is 0 Å². The zero-order valence-corrected chi connectivity index (χ0v) is 12.6. The molecular formula is C14H16BrNOS. The topological polar surface area (TPSA) is 35.2 Å². The van der Waals surface area contributed by atoms with E-state index in [0.29, 0.717) is 6.61 Å². The molecule has 2 aromatic rings. The molecule has 0 bridgehead atoms. The Hall–Kier alpha value is -0.840. The molecule has 0 aliphatic heterocycles. The first-order valence-electron chi connectivity index (χ1n) is 5.91. The first kappa shape index (κ1) is 13.6. The fraction of sp³-hybridized carbons (Fsp3) is 0.286. The van der Waals surface area contributed by atoms with Crippen LogP contribution in [-0.4, -0.2) is 0 Å². The summed E-state index contributed by atoms with van der Waals surface area (Å²) in [6.45, 7) is 2.68. The van der Waals surface area contributed by atoms with Gasteiger partial charge in [-0.15, -0.1) is 11.3 Å². The zero-order chi connectivity index (χ0) is 13.0. The maximum Gasteiger partial charge on any atom is 0.124 e. The van der Waals surface area contributed by atoms with E-state index in [2.05, 4.69) is 22.9 Å². The summed E-state index contributed by atoms with van der Waals surface area (Å²) >= 11 is 5.18. The van der Waals surface area contributed by atoms with E-state index >= 15 is 0 Å². The molecule has 2 nitrogen and oxygen atoms in total. The Labute approximate surface area is 120 Å². The number of hydrogen-bond acceptors (Lipinski definition) is 3. The average Bonchev–Trinajstić information content (AvgIpc) is 2.81. The summed E-state index contributed by atoms with van der Waals surface area (Å²) in [4.78, 5) is 1.20. The zero-order valence-electron chi connectivity index (χ0n) is 10.2. The van der Waals surface area contributed by atoms with Gasteiger partial charge in [0.25, 0.3) is 0 Å². The highest BCUT2D eigenvalue weighted by Crippen LogP contribution is 2.25. The van der Waals surface area contributed by atoms with Crippen LogP contribution in [0.15, 0.2) is 40.2 Å². The van der Waals surface area contributed by atoms with Gasteiger partial charge in [0.15, 0.2) is 0 Å². The van der Waals surface area contributed by atoms with E-state index in [1.54, 1.807) is 11.3 Å². The van der Waals surface area contributed by atoms with Crippen molar-refractivity contribution in [2.24, 2.45) is 5.73 Å². The number of nitrogens with two attached hydrogens (primary N) is 1. The molecule has 0 fully saturated rings. The molecule has 96 valence electrons. The standard InChI is InChI=1S/C14H16BrNOS/c1-2-13(16)10-3-5-11(6-4-10)17-9-14-12(15)7-8-18-14/h3-8,13H,2,9,16H2,1H3/t13-/m1/s1. The molecule has 0 amide bonds. The highest BCUT2D eigenvalue weighted by atomic mass is 79.9. The monoisotopic (exact) mass is 325 g/mol. The van der Waals surface area contributed by atoms with Crippen LogP contribution in [0.1, 0.15) is 29.8 Å². The summed E-state index contributed by atoms with van der Waals surface area (Å²) in [6.07, 6.45) is 0.947. The van der Waals surface area contributed by atoms with Gasteiger partial charge < -0.3 is 10.5 Å². The Morgan fingerprint density at radius 2 is 2.00 bits per heavy atom. The predicted molar refractivity (Wildman–Crippen MR) is 80.0 cm³/mol. The van der Waals surface area contributed by atoms with Crippen LogP contribution in [0.25, 0.3) is 0 Å². The van der Waals surface area contributed by atoms with Gasteiger partial charge >= 0.3 is 0 Å². The molecule has 0 unspecified atom stereocenters. The van der Waals surface area contributed by atoms with Gasteiger partial charge in [0.2, 0.25) is 0 Å². The smallest absolute Gasteiger partial charge is 0.124 e. The number of benzene rings is 1. The number of thiophene rings is 1. The second-order valence-electron chi connectivity index (χ2n) is 4.06. The summed E-state index contributed by atoms with van der Waals surface area (Å²) in [5.41, 5.74) is 7.12. The van der Waals surface area contributed by atoms with Gasteiger partial charge in [0.1, 0.15) is 12.4 Å². The van der Waals surface area contributed by atoms with Crippen molar-refractivity contribution in [1.29, 1.82) is 0 Å². The summed E-state index contributed by atoms with van der Waals surface area (Å²) < 4.78 is 6.85. The maximum absolute atomic E-state index is 5.97. The lowest BCUT2D eigenvalue weighted by Crippen LogP contribution is -2.08. The van der Waals surface area contributed by atoms with Gasteiger partial charge in [0.05, 0.1) is 4.88 Å². The second-order valence-corrected chi connectivity index (χ2v) is 5.92. The summed E-state index contributed by atoms with van der Waals surface area (Å²) in [5.74, 6) is 0.877. The molecule has 1 heterocycles. The first-order valence-corrected chi connectivity index (χ1v) is 7.58. The lowest BCUT2D eigenvalue weighted by molar-refractivity contribution is 0.309. The molecule has 0 spiro atoms. The van der Waals surface area contributed by atoms with Crippen molar-refractivity contribution in [2.45, 2.75) is 26.0 Å². The fourth-order valence-corrected chi connectivity index (χ4v) is 3.00. The lowest BCUT2D eigenvalue weighted by Gasteiger charge is -2.10.